The molecule has 0 saturated heterocycles. The maximum Gasteiger partial charge on any atom is 0.252 e. The van der Waals surface area contributed by atoms with E-state index < -0.39 is 11.6 Å². The van der Waals surface area contributed by atoms with Gasteiger partial charge in [-0.2, -0.15) is 0 Å². The lowest BCUT2D eigenvalue weighted by molar-refractivity contribution is 0.0196. The Morgan fingerprint density at radius 3 is 2.46 bits per heavy atom. The fraction of sp³-hybridized carbons (Fsp3) is 0.348. The zero-order valence-corrected chi connectivity index (χ0v) is 16.3. The Balaban J connectivity index is 1.70. The molecule has 2 N–H and O–H groups in total. The zero-order chi connectivity index (χ0) is 19.7. The predicted molar refractivity (Wildman–Crippen MR) is 109 cm³/mol. The Morgan fingerprint density at radius 1 is 1.04 bits per heavy atom. The number of aliphatic hydroxyl groups excluding tert-OH is 1. The molecule has 1 aromatic heterocycles. The topological polar surface area (TPSA) is 75.1 Å². The van der Waals surface area contributed by atoms with Crippen LogP contribution in [-0.2, 0) is 5.54 Å². The molecule has 5 nitrogen and oxygen atoms in total. The average molecular weight is 375 g/mol. The molecule has 2 atom stereocenters. The van der Waals surface area contributed by atoms with Crippen molar-refractivity contribution in [2.75, 3.05) is 0 Å². The van der Waals surface area contributed by atoms with Crippen molar-refractivity contribution in [2.45, 2.75) is 51.2 Å². The summed E-state index contributed by atoms with van der Waals surface area (Å²) in [5, 5.41) is 14.0. The van der Waals surface area contributed by atoms with Crippen LogP contribution >= 0.6 is 0 Å². The maximum absolute atomic E-state index is 13.2. The van der Waals surface area contributed by atoms with Crippen molar-refractivity contribution < 1.29 is 9.90 Å². The lowest BCUT2D eigenvalue weighted by Crippen LogP contribution is -2.55. The Labute approximate surface area is 164 Å². The molecular formula is C23H25N3O2. The number of hydrogen-bond donors (Lipinski definition) is 2. The Bertz CT molecular complexity index is 1020. The van der Waals surface area contributed by atoms with E-state index in [4.69, 9.17) is 0 Å². The van der Waals surface area contributed by atoms with Gasteiger partial charge in [0.05, 0.1) is 34.1 Å². The van der Waals surface area contributed by atoms with Crippen LogP contribution < -0.4 is 5.32 Å². The molecule has 0 aliphatic heterocycles. The number of nitrogens with zero attached hydrogens (tertiary/aromatic N) is 2. The summed E-state index contributed by atoms with van der Waals surface area (Å²) in [5.74, 6) is -0.202. The Hall–Kier alpha value is -2.79. The Morgan fingerprint density at radius 2 is 1.75 bits per heavy atom. The lowest BCUT2D eigenvalue weighted by Gasteiger charge is -2.42. The van der Waals surface area contributed by atoms with Crippen molar-refractivity contribution in [3.05, 3.63) is 71.0 Å². The molecule has 144 valence electrons. The average Bonchev–Trinajstić information content (AvgIpc) is 2.71. The van der Waals surface area contributed by atoms with Crippen molar-refractivity contribution in [3.8, 4) is 0 Å². The molecule has 5 heteroatoms. The normalized spacial score (nSPS) is 22.2. The number of nitrogens with one attached hydrogen (secondary N) is 1. The molecule has 2 aromatic carbocycles. The van der Waals surface area contributed by atoms with Crippen molar-refractivity contribution in [2.24, 2.45) is 0 Å². The highest BCUT2D eigenvalue weighted by Crippen LogP contribution is 2.37. The second-order valence-electron chi connectivity index (χ2n) is 7.65. The smallest absolute Gasteiger partial charge is 0.252 e. The van der Waals surface area contributed by atoms with Crippen LogP contribution in [0.25, 0.3) is 11.0 Å². The van der Waals surface area contributed by atoms with E-state index in [1.165, 1.54) is 0 Å². The third kappa shape index (κ3) is 3.27. The number of benzene rings is 2. The summed E-state index contributed by atoms with van der Waals surface area (Å²) in [6.45, 7) is 3.84. The molecule has 1 saturated carbocycles. The first kappa shape index (κ1) is 18.6. The van der Waals surface area contributed by atoms with E-state index in [9.17, 15) is 9.90 Å². The fourth-order valence-corrected chi connectivity index (χ4v) is 4.09. The molecule has 0 bridgehead atoms. The second-order valence-corrected chi connectivity index (χ2v) is 7.65. The van der Waals surface area contributed by atoms with Gasteiger partial charge in [0.25, 0.3) is 5.91 Å². The summed E-state index contributed by atoms with van der Waals surface area (Å²) in [6, 6.07) is 15.2. The molecule has 1 fully saturated rings. The third-order valence-corrected chi connectivity index (χ3v) is 5.83. The fourth-order valence-electron chi connectivity index (χ4n) is 4.09. The summed E-state index contributed by atoms with van der Waals surface area (Å²) >= 11 is 0. The van der Waals surface area contributed by atoms with Gasteiger partial charge in [0.1, 0.15) is 0 Å². The third-order valence-electron chi connectivity index (χ3n) is 5.83. The van der Waals surface area contributed by atoms with Gasteiger partial charge in [0, 0.05) is 5.56 Å². The van der Waals surface area contributed by atoms with Crippen LogP contribution in [0.4, 0.5) is 0 Å². The molecule has 0 unspecified atom stereocenters. The molecule has 3 aromatic rings. The summed E-state index contributed by atoms with van der Waals surface area (Å²) < 4.78 is 0. The van der Waals surface area contributed by atoms with Crippen LogP contribution in [0.15, 0.2) is 48.5 Å². The number of carbonyl (C=O) groups excluding carboxylic acids is 1. The van der Waals surface area contributed by atoms with Crippen molar-refractivity contribution in [1.82, 2.24) is 15.3 Å². The van der Waals surface area contributed by atoms with Gasteiger partial charge in [-0.15, -0.1) is 0 Å². The van der Waals surface area contributed by atoms with Gasteiger partial charge < -0.3 is 10.4 Å². The number of rotatable bonds is 3. The zero-order valence-electron chi connectivity index (χ0n) is 16.3. The van der Waals surface area contributed by atoms with Gasteiger partial charge in [-0.25, -0.2) is 9.97 Å². The maximum atomic E-state index is 13.2. The van der Waals surface area contributed by atoms with E-state index in [0.717, 1.165) is 41.7 Å². The number of aromatic nitrogens is 2. The molecule has 1 aliphatic rings. The van der Waals surface area contributed by atoms with Crippen LogP contribution in [0.1, 0.15) is 53.0 Å². The van der Waals surface area contributed by atoms with E-state index in [0.29, 0.717) is 17.5 Å². The second kappa shape index (κ2) is 7.32. The molecule has 28 heavy (non-hydrogen) atoms. The van der Waals surface area contributed by atoms with Crippen LogP contribution in [0, 0.1) is 13.8 Å². The number of fused-ring (bicyclic) bond motifs is 1. The molecule has 0 radical (unpaired) electrons. The first-order chi connectivity index (χ1) is 13.5. The van der Waals surface area contributed by atoms with Gasteiger partial charge >= 0.3 is 0 Å². The quantitative estimate of drug-likeness (QED) is 0.730. The summed E-state index contributed by atoms with van der Waals surface area (Å²) in [5.41, 5.74) is 3.93. The van der Waals surface area contributed by atoms with Crippen LogP contribution in [0.5, 0.6) is 0 Å². The van der Waals surface area contributed by atoms with Crippen LogP contribution in [0.3, 0.4) is 0 Å². The first-order valence-corrected chi connectivity index (χ1v) is 9.81. The van der Waals surface area contributed by atoms with E-state index >= 15 is 0 Å². The van der Waals surface area contributed by atoms with Gasteiger partial charge in [0.15, 0.2) is 0 Å². The van der Waals surface area contributed by atoms with Gasteiger partial charge in [-0.1, -0.05) is 43.2 Å². The number of aryl methyl sites for hydroxylation is 2. The number of carbonyl (C=O) groups is 1. The number of amides is 1. The van der Waals surface area contributed by atoms with Crippen LogP contribution in [-0.4, -0.2) is 27.1 Å². The predicted octanol–water partition coefficient (Wildman–Crippen LogP) is 3.81. The highest BCUT2D eigenvalue weighted by molar-refractivity contribution is 5.97. The molecule has 1 heterocycles. The van der Waals surface area contributed by atoms with E-state index in [2.05, 4.69) is 15.3 Å². The standard InChI is InChI=1S/C23H25N3O2/c1-15-16(2)25-20-14-17(11-12-19(20)24-15)22(28)26-23(13-7-6-10-21(23)27)18-8-4-3-5-9-18/h3-5,8-9,11-12,14,21,27H,6-7,10,13H2,1-2H3,(H,26,28)/t21-,23-/m1/s1. The van der Waals surface area contributed by atoms with E-state index in [-0.39, 0.29) is 5.91 Å². The minimum Gasteiger partial charge on any atom is -0.390 e. The van der Waals surface area contributed by atoms with Gasteiger partial charge in [-0.05, 0) is 50.5 Å². The first-order valence-electron chi connectivity index (χ1n) is 9.81. The van der Waals surface area contributed by atoms with E-state index in [1.54, 1.807) is 12.1 Å². The van der Waals surface area contributed by atoms with Crippen molar-refractivity contribution >= 4 is 16.9 Å². The highest BCUT2D eigenvalue weighted by Gasteiger charge is 2.42. The largest absolute Gasteiger partial charge is 0.390 e. The summed E-state index contributed by atoms with van der Waals surface area (Å²) in [4.78, 5) is 22.3. The van der Waals surface area contributed by atoms with Gasteiger partial charge in [0.2, 0.25) is 0 Å². The van der Waals surface area contributed by atoms with E-state index in [1.807, 2.05) is 50.2 Å². The number of hydrogen-bond acceptors (Lipinski definition) is 4. The summed E-state index contributed by atoms with van der Waals surface area (Å²) in [7, 11) is 0. The molecule has 1 aliphatic carbocycles. The van der Waals surface area contributed by atoms with Crippen molar-refractivity contribution in [3.63, 3.8) is 0 Å². The van der Waals surface area contributed by atoms with Gasteiger partial charge in [-0.3, -0.25) is 4.79 Å². The SMILES string of the molecule is Cc1nc2ccc(C(=O)N[C@@]3(c4ccccc4)CCCC[C@H]3O)cc2nc1C. The lowest BCUT2D eigenvalue weighted by atomic mass is 9.74. The van der Waals surface area contributed by atoms with Crippen LogP contribution in [0.2, 0.25) is 0 Å². The minimum absolute atomic E-state index is 0.202. The molecular weight excluding hydrogens is 350 g/mol. The highest BCUT2D eigenvalue weighted by atomic mass is 16.3. The Kier molecular flexibility index (Phi) is 4.85. The number of aliphatic hydroxyl groups is 1. The molecule has 4 rings (SSSR count). The molecule has 1 amide bonds. The van der Waals surface area contributed by atoms with Crippen molar-refractivity contribution in [1.29, 1.82) is 0 Å². The molecule has 0 spiro atoms. The summed E-state index contributed by atoms with van der Waals surface area (Å²) in [6.07, 6.45) is 2.72. The minimum atomic E-state index is -0.763. The monoisotopic (exact) mass is 375 g/mol.